The summed E-state index contributed by atoms with van der Waals surface area (Å²) in [7, 11) is 0. The van der Waals surface area contributed by atoms with Gasteiger partial charge in [0, 0.05) is 19.5 Å². The number of aliphatic carboxylic acids is 1. The van der Waals surface area contributed by atoms with Crippen LogP contribution >= 0.6 is 0 Å². The molecule has 0 aliphatic rings. The number of hydrogen-bond acceptors (Lipinski definition) is 3. The molecule has 2 atom stereocenters. The summed E-state index contributed by atoms with van der Waals surface area (Å²) in [4.78, 5) is 34.0. The SMILES string of the molecule is CCNC(=O)C(C)NC(=O)NCC(CC(=O)O)CC(C)C. The number of carboxylic acids is 1. The number of carbonyl (C=O) groups is 3. The second kappa shape index (κ2) is 10.0. The predicted octanol–water partition coefficient (Wildman–Crippen LogP) is 0.947. The Morgan fingerprint density at radius 1 is 1.10 bits per heavy atom. The number of amides is 3. The van der Waals surface area contributed by atoms with Gasteiger partial charge in [-0.1, -0.05) is 13.8 Å². The van der Waals surface area contributed by atoms with Gasteiger partial charge < -0.3 is 21.1 Å². The van der Waals surface area contributed by atoms with Gasteiger partial charge in [0.25, 0.3) is 0 Å². The average molecular weight is 301 g/mol. The van der Waals surface area contributed by atoms with Crippen LogP contribution in [0.2, 0.25) is 0 Å². The first-order valence-corrected chi connectivity index (χ1v) is 7.30. The van der Waals surface area contributed by atoms with E-state index in [-0.39, 0.29) is 24.8 Å². The second-order valence-electron chi connectivity index (χ2n) is 5.56. The first-order chi connectivity index (χ1) is 9.76. The zero-order valence-electron chi connectivity index (χ0n) is 13.2. The van der Waals surface area contributed by atoms with Crippen molar-refractivity contribution in [2.24, 2.45) is 11.8 Å². The lowest BCUT2D eigenvalue weighted by atomic mass is 9.94. The quantitative estimate of drug-likeness (QED) is 0.508. The lowest BCUT2D eigenvalue weighted by Crippen LogP contribution is -2.49. The molecule has 0 heterocycles. The number of likely N-dealkylation sites (N-methyl/N-ethyl adjacent to an activating group) is 1. The molecule has 21 heavy (non-hydrogen) atoms. The van der Waals surface area contributed by atoms with Gasteiger partial charge in [0.15, 0.2) is 0 Å². The standard InChI is InChI=1S/C14H27N3O4/c1-5-15-13(20)10(4)17-14(21)16-8-11(6-9(2)3)7-12(18)19/h9-11H,5-8H2,1-4H3,(H,15,20)(H,18,19)(H2,16,17,21). The monoisotopic (exact) mass is 301 g/mol. The Bertz CT molecular complexity index is 358. The third kappa shape index (κ3) is 9.70. The number of carbonyl (C=O) groups excluding carboxylic acids is 2. The fourth-order valence-electron chi connectivity index (χ4n) is 2.03. The number of hydrogen-bond donors (Lipinski definition) is 4. The van der Waals surface area contributed by atoms with Crippen LogP contribution in [0.4, 0.5) is 4.79 Å². The van der Waals surface area contributed by atoms with Crippen molar-refractivity contribution in [2.45, 2.75) is 46.6 Å². The zero-order chi connectivity index (χ0) is 16.4. The molecule has 0 aliphatic carbocycles. The van der Waals surface area contributed by atoms with Crippen molar-refractivity contribution in [3.8, 4) is 0 Å². The summed E-state index contributed by atoms with van der Waals surface area (Å²) in [6.45, 7) is 8.18. The fraction of sp³-hybridized carbons (Fsp3) is 0.786. The lowest BCUT2D eigenvalue weighted by molar-refractivity contribution is -0.138. The van der Waals surface area contributed by atoms with Crippen LogP contribution in [0.5, 0.6) is 0 Å². The highest BCUT2D eigenvalue weighted by molar-refractivity contribution is 5.86. The summed E-state index contributed by atoms with van der Waals surface area (Å²) >= 11 is 0. The third-order valence-electron chi connectivity index (χ3n) is 2.91. The smallest absolute Gasteiger partial charge is 0.315 e. The minimum atomic E-state index is -0.876. The minimum Gasteiger partial charge on any atom is -0.481 e. The van der Waals surface area contributed by atoms with Crippen molar-refractivity contribution in [1.82, 2.24) is 16.0 Å². The van der Waals surface area contributed by atoms with Crippen LogP contribution in [0.25, 0.3) is 0 Å². The van der Waals surface area contributed by atoms with Crippen molar-refractivity contribution in [3.63, 3.8) is 0 Å². The van der Waals surface area contributed by atoms with Crippen molar-refractivity contribution in [2.75, 3.05) is 13.1 Å². The molecule has 0 rings (SSSR count). The molecule has 0 aromatic carbocycles. The predicted molar refractivity (Wildman–Crippen MR) is 79.9 cm³/mol. The van der Waals surface area contributed by atoms with E-state index in [1.807, 2.05) is 13.8 Å². The van der Waals surface area contributed by atoms with E-state index in [1.54, 1.807) is 13.8 Å². The number of rotatable bonds is 9. The van der Waals surface area contributed by atoms with Crippen molar-refractivity contribution in [1.29, 1.82) is 0 Å². The summed E-state index contributed by atoms with van der Waals surface area (Å²) in [6, 6.07) is -1.10. The van der Waals surface area contributed by atoms with E-state index in [9.17, 15) is 14.4 Å². The van der Waals surface area contributed by atoms with Gasteiger partial charge >= 0.3 is 12.0 Å². The number of nitrogens with one attached hydrogen (secondary N) is 3. The molecule has 2 unspecified atom stereocenters. The molecule has 0 aromatic heterocycles. The molecule has 122 valence electrons. The Kier molecular flexibility index (Phi) is 9.16. The summed E-state index contributed by atoms with van der Waals surface area (Å²) in [5, 5.41) is 16.6. The normalized spacial score (nSPS) is 13.4. The maximum Gasteiger partial charge on any atom is 0.315 e. The van der Waals surface area contributed by atoms with Gasteiger partial charge in [-0.3, -0.25) is 9.59 Å². The highest BCUT2D eigenvalue weighted by Crippen LogP contribution is 2.14. The van der Waals surface area contributed by atoms with Crippen LogP contribution in [-0.4, -0.2) is 42.1 Å². The molecule has 0 aromatic rings. The maximum absolute atomic E-state index is 11.7. The first kappa shape index (κ1) is 19.2. The second-order valence-corrected chi connectivity index (χ2v) is 5.56. The van der Waals surface area contributed by atoms with Gasteiger partial charge in [0.2, 0.25) is 5.91 Å². The van der Waals surface area contributed by atoms with Crippen molar-refractivity contribution < 1.29 is 19.5 Å². The first-order valence-electron chi connectivity index (χ1n) is 7.30. The van der Waals surface area contributed by atoms with Gasteiger partial charge in [-0.2, -0.15) is 0 Å². The van der Waals surface area contributed by atoms with Gasteiger partial charge in [0.05, 0.1) is 0 Å². The molecule has 0 radical (unpaired) electrons. The minimum absolute atomic E-state index is 0.0182. The van der Waals surface area contributed by atoms with Gasteiger partial charge in [-0.05, 0) is 32.1 Å². The van der Waals surface area contributed by atoms with E-state index in [1.165, 1.54) is 0 Å². The molecule has 4 N–H and O–H groups in total. The molecule has 7 heteroatoms. The van der Waals surface area contributed by atoms with E-state index in [0.717, 1.165) is 6.42 Å². The van der Waals surface area contributed by atoms with Crippen molar-refractivity contribution in [3.05, 3.63) is 0 Å². The molecular weight excluding hydrogens is 274 g/mol. The van der Waals surface area contributed by atoms with Crippen LogP contribution in [0.3, 0.4) is 0 Å². The number of carboxylic acid groups (broad SMARTS) is 1. The zero-order valence-corrected chi connectivity index (χ0v) is 13.2. The van der Waals surface area contributed by atoms with E-state index in [0.29, 0.717) is 12.5 Å². The molecule has 0 saturated carbocycles. The van der Waals surface area contributed by atoms with E-state index >= 15 is 0 Å². The molecule has 0 aliphatic heterocycles. The Balaban J connectivity index is 4.23. The van der Waals surface area contributed by atoms with Crippen LogP contribution in [0.15, 0.2) is 0 Å². The molecule has 0 fully saturated rings. The molecular formula is C14H27N3O4. The molecule has 3 amide bonds. The number of urea groups is 1. The van der Waals surface area contributed by atoms with E-state index in [2.05, 4.69) is 16.0 Å². The molecule has 7 nitrogen and oxygen atoms in total. The van der Waals surface area contributed by atoms with Gasteiger partial charge in [0.1, 0.15) is 6.04 Å². The fourth-order valence-corrected chi connectivity index (χ4v) is 2.03. The molecule has 0 spiro atoms. The van der Waals surface area contributed by atoms with Crippen LogP contribution in [0, 0.1) is 11.8 Å². The maximum atomic E-state index is 11.7. The molecule has 0 saturated heterocycles. The Morgan fingerprint density at radius 2 is 1.71 bits per heavy atom. The Morgan fingerprint density at radius 3 is 2.19 bits per heavy atom. The average Bonchev–Trinajstić information content (AvgIpc) is 2.34. The van der Waals surface area contributed by atoms with Crippen LogP contribution < -0.4 is 16.0 Å². The largest absolute Gasteiger partial charge is 0.481 e. The summed E-state index contributed by atoms with van der Waals surface area (Å²) in [5.74, 6) is -0.892. The van der Waals surface area contributed by atoms with E-state index in [4.69, 9.17) is 5.11 Å². The van der Waals surface area contributed by atoms with Crippen molar-refractivity contribution >= 4 is 17.9 Å². The Hall–Kier alpha value is -1.79. The summed E-state index contributed by atoms with van der Waals surface area (Å²) < 4.78 is 0. The highest BCUT2D eigenvalue weighted by Gasteiger charge is 2.18. The topological polar surface area (TPSA) is 108 Å². The molecule has 0 bridgehead atoms. The lowest BCUT2D eigenvalue weighted by Gasteiger charge is -2.19. The van der Waals surface area contributed by atoms with Gasteiger partial charge in [-0.25, -0.2) is 4.79 Å². The van der Waals surface area contributed by atoms with Crippen LogP contribution in [-0.2, 0) is 9.59 Å². The van der Waals surface area contributed by atoms with E-state index < -0.39 is 18.0 Å². The van der Waals surface area contributed by atoms with Crippen LogP contribution in [0.1, 0.15) is 40.5 Å². The highest BCUT2D eigenvalue weighted by atomic mass is 16.4. The summed E-state index contributed by atoms with van der Waals surface area (Å²) in [5.41, 5.74) is 0. The van der Waals surface area contributed by atoms with Gasteiger partial charge in [-0.15, -0.1) is 0 Å². The Labute approximate surface area is 125 Å². The summed E-state index contributed by atoms with van der Waals surface area (Å²) in [6.07, 6.45) is 0.739. The third-order valence-corrected chi connectivity index (χ3v) is 2.91.